The van der Waals surface area contributed by atoms with Crippen molar-refractivity contribution in [1.82, 2.24) is 9.88 Å². The number of amides is 1. The van der Waals surface area contributed by atoms with Crippen LogP contribution in [-0.4, -0.2) is 42.6 Å². The van der Waals surface area contributed by atoms with Crippen molar-refractivity contribution in [2.75, 3.05) is 26.4 Å². The van der Waals surface area contributed by atoms with Crippen LogP contribution in [0.4, 0.5) is 0 Å². The van der Waals surface area contributed by atoms with Gasteiger partial charge in [0.05, 0.1) is 18.9 Å². The second-order valence-electron chi connectivity index (χ2n) is 8.06. The highest BCUT2D eigenvalue weighted by Crippen LogP contribution is 2.18. The maximum absolute atomic E-state index is 12.1. The lowest BCUT2D eigenvalue weighted by atomic mass is 10.1. The van der Waals surface area contributed by atoms with E-state index in [9.17, 15) is 4.79 Å². The molecule has 0 unspecified atom stereocenters. The molecule has 0 saturated heterocycles. The van der Waals surface area contributed by atoms with E-state index in [0.717, 1.165) is 23.3 Å². The third-order valence-corrected chi connectivity index (χ3v) is 5.54. The fourth-order valence-corrected chi connectivity index (χ4v) is 3.60. The Morgan fingerprint density at radius 2 is 2.03 bits per heavy atom. The predicted octanol–water partition coefficient (Wildman–Crippen LogP) is 3.96. The molecule has 0 radical (unpaired) electrons. The van der Waals surface area contributed by atoms with Crippen LogP contribution in [0.1, 0.15) is 24.5 Å². The standard InChI is InChI=1S/C26H29N3O4/c1-19(28-33-17-21-7-8-22-5-3-4-6-23(22)13-21)24-14-26(29(2)16-24)32-18-25(30)27-15-20-9-11-31-12-10-20/h3-9,13-14,16H,10-12,15,17-18H2,1-2H3,(H,27,30). The molecule has 0 spiro atoms. The highest BCUT2D eigenvalue weighted by atomic mass is 16.6. The second-order valence-corrected chi connectivity index (χ2v) is 8.06. The number of hydrogen-bond donors (Lipinski definition) is 1. The molecule has 7 heteroatoms. The van der Waals surface area contributed by atoms with Crippen molar-refractivity contribution in [3.05, 3.63) is 77.5 Å². The van der Waals surface area contributed by atoms with Crippen molar-refractivity contribution in [3.8, 4) is 5.88 Å². The summed E-state index contributed by atoms with van der Waals surface area (Å²) in [6.45, 7) is 4.08. The summed E-state index contributed by atoms with van der Waals surface area (Å²) in [4.78, 5) is 17.7. The summed E-state index contributed by atoms with van der Waals surface area (Å²) in [5.41, 5.74) is 3.85. The van der Waals surface area contributed by atoms with Crippen LogP contribution in [0.5, 0.6) is 5.88 Å². The first-order valence-electron chi connectivity index (χ1n) is 11.0. The Kier molecular flexibility index (Phi) is 7.42. The Morgan fingerprint density at radius 3 is 2.85 bits per heavy atom. The Labute approximate surface area is 193 Å². The van der Waals surface area contributed by atoms with E-state index in [1.165, 1.54) is 16.3 Å². The van der Waals surface area contributed by atoms with Gasteiger partial charge in [0.2, 0.25) is 0 Å². The number of hydrogen-bond acceptors (Lipinski definition) is 5. The number of carbonyl (C=O) groups is 1. The van der Waals surface area contributed by atoms with Crippen molar-refractivity contribution in [3.63, 3.8) is 0 Å². The van der Waals surface area contributed by atoms with Crippen LogP contribution in [0.15, 0.2) is 71.5 Å². The Hall–Kier alpha value is -3.58. The first-order chi connectivity index (χ1) is 16.1. The van der Waals surface area contributed by atoms with E-state index in [1.807, 2.05) is 55.1 Å². The minimum absolute atomic E-state index is 0.0459. The first-order valence-corrected chi connectivity index (χ1v) is 11.0. The van der Waals surface area contributed by atoms with E-state index in [4.69, 9.17) is 14.3 Å². The highest BCUT2D eigenvalue weighted by molar-refractivity contribution is 5.98. The summed E-state index contributed by atoms with van der Waals surface area (Å²) >= 11 is 0. The maximum atomic E-state index is 12.1. The summed E-state index contributed by atoms with van der Waals surface area (Å²) in [6, 6.07) is 16.3. The largest absolute Gasteiger partial charge is 0.469 e. The summed E-state index contributed by atoms with van der Waals surface area (Å²) in [5, 5.41) is 9.52. The van der Waals surface area contributed by atoms with Gasteiger partial charge in [0, 0.05) is 31.4 Å². The van der Waals surface area contributed by atoms with Crippen LogP contribution in [0.2, 0.25) is 0 Å². The normalized spacial score (nSPS) is 14.1. The lowest BCUT2D eigenvalue weighted by Crippen LogP contribution is -2.31. The molecule has 2 aromatic carbocycles. The molecular formula is C26H29N3O4. The molecular weight excluding hydrogens is 418 g/mol. The number of nitrogens with one attached hydrogen (secondary N) is 1. The molecule has 0 bridgehead atoms. The van der Waals surface area contributed by atoms with Crippen molar-refractivity contribution >= 4 is 22.4 Å². The van der Waals surface area contributed by atoms with Gasteiger partial charge in [-0.1, -0.05) is 53.2 Å². The number of benzene rings is 2. The predicted molar refractivity (Wildman–Crippen MR) is 128 cm³/mol. The summed E-state index contributed by atoms with van der Waals surface area (Å²) in [5.74, 6) is 0.434. The number of rotatable bonds is 9. The van der Waals surface area contributed by atoms with Gasteiger partial charge in [-0.2, -0.15) is 0 Å². The fraction of sp³-hybridized carbons (Fsp3) is 0.308. The van der Waals surface area contributed by atoms with Gasteiger partial charge >= 0.3 is 0 Å². The number of aromatic nitrogens is 1. The molecule has 1 N–H and O–H groups in total. The van der Waals surface area contributed by atoms with Crippen LogP contribution >= 0.6 is 0 Å². The summed E-state index contributed by atoms with van der Waals surface area (Å²) in [6.07, 6.45) is 4.76. The second kappa shape index (κ2) is 10.8. The van der Waals surface area contributed by atoms with Gasteiger partial charge < -0.3 is 24.2 Å². The van der Waals surface area contributed by atoms with Crippen molar-refractivity contribution in [1.29, 1.82) is 0 Å². The lowest BCUT2D eigenvalue weighted by Gasteiger charge is -2.14. The molecule has 172 valence electrons. The molecule has 0 fully saturated rings. The van der Waals surface area contributed by atoms with E-state index in [0.29, 0.717) is 32.2 Å². The fourth-order valence-electron chi connectivity index (χ4n) is 3.60. The molecule has 1 amide bonds. The van der Waals surface area contributed by atoms with Crippen LogP contribution in [0.3, 0.4) is 0 Å². The van der Waals surface area contributed by atoms with Gasteiger partial charge in [0.15, 0.2) is 12.5 Å². The lowest BCUT2D eigenvalue weighted by molar-refractivity contribution is -0.123. The zero-order valence-corrected chi connectivity index (χ0v) is 19.0. The van der Waals surface area contributed by atoms with Crippen LogP contribution in [-0.2, 0) is 28.0 Å². The molecule has 1 aliphatic rings. The van der Waals surface area contributed by atoms with E-state index in [1.54, 1.807) is 0 Å². The number of carbonyl (C=O) groups excluding carboxylic acids is 1. The van der Waals surface area contributed by atoms with Gasteiger partial charge in [-0.05, 0) is 35.7 Å². The van der Waals surface area contributed by atoms with E-state index in [2.05, 4.69) is 34.7 Å². The molecule has 1 aliphatic heterocycles. The molecule has 0 saturated carbocycles. The molecule has 4 rings (SSSR count). The van der Waals surface area contributed by atoms with Gasteiger partial charge in [0.1, 0.15) is 6.61 Å². The van der Waals surface area contributed by atoms with Gasteiger partial charge in [-0.3, -0.25) is 4.79 Å². The SMILES string of the molecule is CC(=NOCc1ccc2ccccc2c1)c1cc(OCC(=O)NCC2=CCOCC2)n(C)c1. The van der Waals surface area contributed by atoms with Crippen LogP contribution in [0.25, 0.3) is 10.8 Å². The van der Waals surface area contributed by atoms with E-state index in [-0.39, 0.29) is 12.5 Å². The molecule has 0 aliphatic carbocycles. The molecule has 33 heavy (non-hydrogen) atoms. The van der Waals surface area contributed by atoms with Crippen LogP contribution in [0, 0.1) is 0 Å². The quantitative estimate of drug-likeness (QED) is 0.306. The molecule has 2 heterocycles. The average Bonchev–Trinajstić information content (AvgIpc) is 3.22. The topological polar surface area (TPSA) is 74.1 Å². The van der Waals surface area contributed by atoms with Crippen molar-refractivity contribution in [2.24, 2.45) is 12.2 Å². The number of aryl methyl sites for hydroxylation is 1. The maximum Gasteiger partial charge on any atom is 0.258 e. The molecule has 3 aromatic rings. The zero-order valence-electron chi connectivity index (χ0n) is 19.0. The van der Waals surface area contributed by atoms with Gasteiger partial charge in [-0.25, -0.2) is 0 Å². The zero-order chi connectivity index (χ0) is 23.0. The Morgan fingerprint density at radius 1 is 1.18 bits per heavy atom. The van der Waals surface area contributed by atoms with Crippen molar-refractivity contribution < 1.29 is 19.1 Å². The summed E-state index contributed by atoms with van der Waals surface area (Å²) < 4.78 is 12.8. The third-order valence-electron chi connectivity index (χ3n) is 5.54. The van der Waals surface area contributed by atoms with Gasteiger partial charge in [-0.15, -0.1) is 0 Å². The first kappa shape index (κ1) is 22.6. The minimum atomic E-state index is -0.158. The summed E-state index contributed by atoms with van der Waals surface area (Å²) in [7, 11) is 1.87. The highest BCUT2D eigenvalue weighted by Gasteiger charge is 2.11. The average molecular weight is 448 g/mol. The monoisotopic (exact) mass is 447 g/mol. The minimum Gasteiger partial charge on any atom is -0.469 e. The molecule has 0 atom stereocenters. The number of nitrogens with zero attached hydrogens (tertiary/aromatic N) is 2. The van der Waals surface area contributed by atoms with Crippen LogP contribution < -0.4 is 10.1 Å². The Bertz CT molecular complexity index is 1180. The number of oxime groups is 1. The Balaban J connectivity index is 1.27. The number of fused-ring (bicyclic) bond motifs is 1. The molecule has 7 nitrogen and oxygen atoms in total. The number of ether oxygens (including phenoxy) is 2. The molecule has 1 aromatic heterocycles. The van der Waals surface area contributed by atoms with Gasteiger partial charge in [0.25, 0.3) is 5.91 Å². The van der Waals surface area contributed by atoms with Crippen molar-refractivity contribution in [2.45, 2.75) is 20.0 Å². The van der Waals surface area contributed by atoms with E-state index < -0.39 is 0 Å². The smallest absolute Gasteiger partial charge is 0.258 e. The van der Waals surface area contributed by atoms with E-state index >= 15 is 0 Å². The third kappa shape index (κ3) is 6.23.